The smallest absolute Gasteiger partial charge is 0.490 e. The maximum absolute atomic E-state index is 13.1. The van der Waals surface area contributed by atoms with Crippen molar-refractivity contribution in [1.82, 2.24) is 5.32 Å². The van der Waals surface area contributed by atoms with Crippen molar-refractivity contribution in [3.63, 3.8) is 0 Å². The lowest BCUT2D eigenvalue weighted by atomic mass is 9.79. The Morgan fingerprint density at radius 2 is 2.18 bits per heavy atom. The fraction of sp³-hybridized carbons (Fsp3) is 0.462. The number of benzene rings is 1. The molecule has 2 rings (SSSR count). The van der Waals surface area contributed by atoms with E-state index in [0.29, 0.717) is 0 Å². The average molecular weight is 314 g/mol. The maximum atomic E-state index is 13.1. The Bertz CT molecular complexity index is 618. The third-order valence-corrected chi connectivity index (χ3v) is 3.52. The van der Waals surface area contributed by atoms with Crippen LogP contribution in [0.15, 0.2) is 12.1 Å². The molecule has 2 N–H and O–H groups in total. The quantitative estimate of drug-likeness (QED) is 0.804. The lowest BCUT2D eigenvalue weighted by molar-refractivity contribution is -0.139. The van der Waals surface area contributed by atoms with Gasteiger partial charge in [-0.25, -0.2) is 0 Å². The standard InChI is InChI=1S/C13H14BF3N2O3/c1-12(6-18,19-2)7-21-11-4-10-8(5-22-14(10)20)3-9(11)13(15,16)17/h3-4,19-20H,5,7H2,1-2H3. The van der Waals surface area contributed by atoms with Crippen LogP contribution in [0.5, 0.6) is 5.75 Å². The number of hydrogen-bond donors (Lipinski definition) is 2. The van der Waals surface area contributed by atoms with Gasteiger partial charge in [0, 0.05) is 0 Å². The summed E-state index contributed by atoms with van der Waals surface area (Å²) < 4.78 is 49.5. The van der Waals surface area contributed by atoms with E-state index in [1.807, 2.05) is 6.07 Å². The van der Waals surface area contributed by atoms with Gasteiger partial charge >= 0.3 is 13.3 Å². The summed E-state index contributed by atoms with van der Waals surface area (Å²) in [6.45, 7) is 1.14. The van der Waals surface area contributed by atoms with Gasteiger partial charge in [0.1, 0.15) is 17.9 Å². The minimum atomic E-state index is -4.61. The molecular formula is C13H14BF3N2O3. The van der Waals surface area contributed by atoms with Crippen LogP contribution in [-0.4, -0.2) is 31.3 Å². The minimum Gasteiger partial charge on any atom is -0.490 e. The summed E-state index contributed by atoms with van der Waals surface area (Å²) in [6, 6.07) is 3.95. The largest absolute Gasteiger partial charge is 0.491 e. The molecule has 0 saturated heterocycles. The van der Waals surface area contributed by atoms with Crippen molar-refractivity contribution >= 4 is 12.6 Å². The van der Waals surface area contributed by atoms with Crippen LogP contribution in [0.4, 0.5) is 13.2 Å². The zero-order chi connectivity index (χ0) is 16.5. The third kappa shape index (κ3) is 3.19. The highest BCUT2D eigenvalue weighted by Crippen LogP contribution is 2.37. The van der Waals surface area contributed by atoms with Gasteiger partial charge in [0.15, 0.2) is 0 Å². The van der Waals surface area contributed by atoms with E-state index in [1.165, 1.54) is 14.0 Å². The van der Waals surface area contributed by atoms with Crippen LogP contribution in [0.2, 0.25) is 0 Å². The molecule has 0 bridgehead atoms. The molecule has 0 fully saturated rings. The number of rotatable bonds is 4. The highest BCUT2D eigenvalue weighted by atomic mass is 19.4. The van der Waals surface area contributed by atoms with E-state index in [1.54, 1.807) is 0 Å². The number of nitrogens with zero attached hydrogens (tertiary/aromatic N) is 1. The Kier molecular flexibility index (Phi) is 4.38. The van der Waals surface area contributed by atoms with Gasteiger partial charge in [-0.15, -0.1) is 0 Å². The first-order chi connectivity index (χ1) is 10.2. The number of nitrogens with one attached hydrogen (secondary N) is 1. The number of ether oxygens (including phenoxy) is 1. The van der Waals surface area contributed by atoms with Crippen molar-refractivity contribution in [3.05, 3.63) is 23.3 Å². The number of halogens is 3. The lowest BCUT2D eigenvalue weighted by Crippen LogP contribution is -2.44. The zero-order valence-corrected chi connectivity index (χ0v) is 12.0. The van der Waals surface area contributed by atoms with Crippen LogP contribution in [0.3, 0.4) is 0 Å². The number of alkyl halides is 3. The van der Waals surface area contributed by atoms with Crippen molar-refractivity contribution in [2.24, 2.45) is 0 Å². The summed E-state index contributed by atoms with van der Waals surface area (Å²) in [5.74, 6) is -0.437. The first kappa shape index (κ1) is 16.6. The minimum absolute atomic E-state index is 0.0910. The second kappa shape index (κ2) is 5.80. The molecule has 1 aromatic carbocycles. The normalized spacial score (nSPS) is 16.9. The van der Waals surface area contributed by atoms with E-state index >= 15 is 0 Å². The second-order valence-corrected chi connectivity index (χ2v) is 5.19. The molecule has 5 nitrogen and oxygen atoms in total. The molecule has 22 heavy (non-hydrogen) atoms. The summed E-state index contributed by atoms with van der Waals surface area (Å²) in [4.78, 5) is 0. The van der Waals surface area contributed by atoms with Crippen LogP contribution >= 0.6 is 0 Å². The van der Waals surface area contributed by atoms with E-state index < -0.39 is 30.1 Å². The molecule has 1 aliphatic rings. The van der Waals surface area contributed by atoms with Gasteiger partial charge in [0.25, 0.3) is 0 Å². The monoisotopic (exact) mass is 314 g/mol. The van der Waals surface area contributed by atoms with Crippen molar-refractivity contribution in [1.29, 1.82) is 5.26 Å². The molecule has 0 aromatic heterocycles. The first-order valence-electron chi connectivity index (χ1n) is 6.47. The Morgan fingerprint density at radius 3 is 2.73 bits per heavy atom. The maximum Gasteiger partial charge on any atom is 0.491 e. The van der Waals surface area contributed by atoms with E-state index in [-0.39, 0.29) is 24.2 Å². The van der Waals surface area contributed by atoms with Crippen LogP contribution in [0, 0.1) is 11.3 Å². The molecule has 0 spiro atoms. The molecule has 0 amide bonds. The summed E-state index contributed by atoms with van der Waals surface area (Å²) in [6.07, 6.45) is -4.61. The van der Waals surface area contributed by atoms with Gasteiger partial charge < -0.3 is 14.4 Å². The topological polar surface area (TPSA) is 74.5 Å². The number of nitriles is 1. The Hall–Kier alpha value is -1.76. The Morgan fingerprint density at radius 1 is 1.50 bits per heavy atom. The fourth-order valence-corrected chi connectivity index (χ4v) is 1.98. The highest BCUT2D eigenvalue weighted by Gasteiger charge is 2.39. The predicted octanol–water partition coefficient (Wildman–Crippen LogP) is 0.804. The molecule has 1 unspecified atom stereocenters. The lowest BCUT2D eigenvalue weighted by Gasteiger charge is -2.23. The van der Waals surface area contributed by atoms with Gasteiger partial charge in [-0.05, 0) is 37.1 Å². The molecule has 0 radical (unpaired) electrons. The average Bonchev–Trinajstić information content (AvgIpc) is 2.84. The highest BCUT2D eigenvalue weighted by molar-refractivity contribution is 6.61. The van der Waals surface area contributed by atoms with Crippen LogP contribution in [0.1, 0.15) is 18.1 Å². The summed E-state index contributed by atoms with van der Waals surface area (Å²) in [7, 11) is 0.239. The van der Waals surface area contributed by atoms with Crippen LogP contribution in [-0.2, 0) is 17.4 Å². The molecule has 9 heteroatoms. The van der Waals surface area contributed by atoms with Gasteiger partial charge in [-0.3, -0.25) is 5.32 Å². The van der Waals surface area contributed by atoms with Gasteiger partial charge in [-0.1, -0.05) is 0 Å². The molecule has 1 aliphatic heterocycles. The molecule has 0 saturated carbocycles. The van der Waals surface area contributed by atoms with Crippen LogP contribution < -0.4 is 15.5 Å². The second-order valence-electron chi connectivity index (χ2n) is 5.19. The summed E-state index contributed by atoms with van der Waals surface area (Å²) >= 11 is 0. The van der Waals surface area contributed by atoms with E-state index in [0.717, 1.165) is 12.1 Å². The first-order valence-corrected chi connectivity index (χ1v) is 6.47. The number of hydrogen-bond acceptors (Lipinski definition) is 5. The summed E-state index contributed by atoms with van der Waals surface area (Å²) in [5.41, 5.74) is -1.58. The molecule has 1 aromatic rings. The molecule has 0 aliphatic carbocycles. The predicted molar refractivity (Wildman–Crippen MR) is 72.4 cm³/mol. The van der Waals surface area contributed by atoms with Crippen molar-refractivity contribution in [2.45, 2.75) is 25.2 Å². The van der Waals surface area contributed by atoms with Crippen LogP contribution in [0.25, 0.3) is 0 Å². The SMILES string of the molecule is CNC(C)(C#N)COc1cc2c(cc1C(F)(F)F)COB2O. The Labute approximate surface area is 125 Å². The zero-order valence-electron chi connectivity index (χ0n) is 12.0. The summed E-state index contributed by atoms with van der Waals surface area (Å²) in [5, 5.41) is 21.3. The van der Waals surface area contributed by atoms with E-state index in [2.05, 4.69) is 5.32 Å². The van der Waals surface area contributed by atoms with Gasteiger partial charge in [0.2, 0.25) is 0 Å². The third-order valence-electron chi connectivity index (χ3n) is 3.52. The van der Waals surface area contributed by atoms with Crippen molar-refractivity contribution in [2.75, 3.05) is 13.7 Å². The number of likely N-dealkylation sites (N-methyl/N-ethyl adjacent to an activating group) is 1. The van der Waals surface area contributed by atoms with E-state index in [4.69, 9.17) is 14.7 Å². The Balaban J connectivity index is 2.37. The van der Waals surface area contributed by atoms with Gasteiger partial charge in [0.05, 0.1) is 18.2 Å². The van der Waals surface area contributed by atoms with Crippen molar-refractivity contribution in [3.8, 4) is 11.8 Å². The van der Waals surface area contributed by atoms with E-state index in [9.17, 15) is 18.2 Å². The molecule has 1 heterocycles. The molecule has 1 atom stereocenters. The van der Waals surface area contributed by atoms with Gasteiger partial charge in [-0.2, -0.15) is 18.4 Å². The molecular weight excluding hydrogens is 300 g/mol. The fourth-order valence-electron chi connectivity index (χ4n) is 1.98. The molecule has 118 valence electrons. The van der Waals surface area contributed by atoms with Crippen molar-refractivity contribution < 1.29 is 27.6 Å². The number of fused-ring (bicyclic) bond motifs is 1.